The van der Waals surface area contributed by atoms with Crippen molar-refractivity contribution < 1.29 is 23.1 Å². The molecule has 0 fully saturated rings. The van der Waals surface area contributed by atoms with E-state index in [-0.39, 0.29) is 22.4 Å². The van der Waals surface area contributed by atoms with Gasteiger partial charge in [-0.2, -0.15) is 0 Å². The van der Waals surface area contributed by atoms with Crippen molar-refractivity contribution in [2.24, 2.45) is 0 Å². The number of hydrogen-bond acceptors (Lipinski definition) is 4. The van der Waals surface area contributed by atoms with Gasteiger partial charge in [0.2, 0.25) is 0 Å². The van der Waals surface area contributed by atoms with Crippen LogP contribution in [-0.4, -0.2) is 20.6 Å². The van der Waals surface area contributed by atoms with Crippen LogP contribution in [0.25, 0.3) is 16.7 Å². The fourth-order valence-electron chi connectivity index (χ4n) is 3.04. The van der Waals surface area contributed by atoms with E-state index in [1.54, 1.807) is 0 Å². The highest BCUT2D eigenvalue weighted by Gasteiger charge is 2.24. The normalized spacial score (nSPS) is 10.9. The number of aromatic nitrogens is 2. The SMILES string of the molecule is O=C(Nc1ccc(F)cc1F)c1c(O)c2cccnc2n(-c2cccc(F)c2)c1=O. The van der Waals surface area contributed by atoms with E-state index in [9.17, 15) is 27.9 Å². The maximum atomic E-state index is 13.9. The summed E-state index contributed by atoms with van der Waals surface area (Å²) in [5, 5.41) is 12.8. The molecule has 2 heterocycles. The summed E-state index contributed by atoms with van der Waals surface area (Å²) in [7, 11) is 0. The fraction of sp³-hybridized carbons (Fsp3) is 0. The number of anilines is 1. The molecular weight excluding hydrogens is 399 g/mol. The van der Waals surface area contributed by atoms with Gasteiger partial charge in [-0.3, -0.25) is 14.2 Å². The molecule has 30 heavy (non-hydrogen) atoms. The number of nitrogens with zero attached hydrogens (tertiary/aromatic N) is 2. The van der Waals surface area contributed by atoms with Gasteiger partial charge in [0.15, 0.2) is 5.65 Å². The van der Waals surface area contributed by atoms with Crippen molar-refractivity contribution >= 4 is 22.6 Å². The number of carbonyl (C=O) groups excluding carboxylic acids is 1. The summed E-state index contributed by atoms with van der Waals surface area (Å²) in [5.41, 5.74) is -2.02. The Morgan fingerprint density at radius 2 is 1.77 bits per heavy atom. The first kappa shape index (κ1) is 19.2. The zero-order valence-electron chi connectivity index (χ0n) is 15.1. The lowest BCUT2D eigenvalue weighted by Crippen LogP contribution is -2.29. The molecule has 2 aromatic carbocycles. The molecule has 0 bridgehead atoms. The van der Waals surface area contributed by atoms with Crippen LogP contribution in [0.15, 0.2) is 65.6 Å². The molecule has 0 aliphatic carbocycles. The molecule has 6 nitrogen and oxygen atoms in total. The number of halogens is 3. The van der Waals surface area contributed by atoms with Crippen molar-refractivity contribution in [3.63, 3.8) is 0 Å². The summed E-state index contributed by atoms with van der Waals surface area (Å²) >= 11 is 0. The number of hydrogen-bond donors (Lipinski definition) is 2. The third kappa shape index (κ3) is 3.26. The molecule has 1 amide bonds. The summed E-state index contributed by atoms with van der Waals surface area (Å²) in [6, 6.07) is 10.4. The van der Waals surface area contributed by atoms with Gasteiger partial charge >= 0.3 is 0 Å². The molecular formula is C21H12F3N3O3. The Hall–Kier alpha value is -4.14. The van der Waals surface area contributed by atoms with Crippen LogP contribution < -0.4 is 10.9 Å². The van der Waals surface area contributed by atoms with Crippen LogP contribution in [0, 0.1) is 17.5 Å². The molecule has 0 radical (unpaired) electrons. The third-order valence-electron chi connectivity index (χ3n) is 4.38. The molecule has 9 heteroatoms. The van der Waals surface area contributed by atoms with Crippen molar-refractivity contribution in [3.8, 4) is 11.4 Å². The number of benzene rings is 2. The highest BCUT2D eigenvalue weighted by atomic mass is 19.1. The number of fused-ring (bicyclic) bond motifs is 1. The van der Waals surface area contributed by atoms with E-state index in [4.69, 9.17) is 0 Å². The Balaban J connectivity index is 1.94. The number of pyridine rings is 2. The monoisotopic (exact) mass is 411 g/mol. The van der Waals surface area contributed by atoms with Crippen molar-refractivity contribution in [2.75, 3.05) is 5.32 Å². The first-order valence-electron chi connectivity index (χ1n) is 8.62. The minimum atomic E-state index is -1.13. The van der Waals surface area contributed by atoms with Gasteiger partial charge in [0.25, 0.3) is 11.5 Å². The molecule has 4 aromatic rings. The van der Waals surface area contributed by atoms with Gasteiger partial charge in [0, 0.05) is 12.3 Å². The maximum Gasteiger partial charge on any atom is 0.273 e. The van der Waals surface area contributed by atoms with Gasteiger partial charge in [-0.1, -0.05) is 6.07 Å². The van der Waals surface area contributed by atoms with Crippen molar-refractivity contribution in [2.45, 2.75) is 0 Å². The fourth-order valence-corrected chi connectivity index (χ4v) is 3.04. The van der Waals surface area contributed by atoms with Gasteiger partial charge in [-0.05, 0) is 42.5 Å². The van der Waals surface area contributed by atoms with Gasteiger partial charge < -0.3 is 10.4 Å². The van der Waals surface area contributed by atoms with Gasteiger partial charge in [0.1, 0.15) is 28.8 Å². The molecule has 0 saturated carbocycles. The Morgan fingerprint density at radius 1 is 1.00 bits per heavy atom. The number of amides is 1. The summed E-state index contributed by atoms with van der Waals surface area (Å²) in [6.45, 7) is 0. The second kappa shape index (κ2) is 7.36. The largest absolute Gasteiger partial charge is 0.506 e. The average Bonchev–Trinajstić information content (AvgIpc) is 2.70. The van der Waals surface area contributed by atoms with Gasteiger partial charge in [-0.25, -0.2) is 18.2 Å². The predicted octanol–water partition coefficient (Wildman–Crippen LogP) is 3.76. The lowest BCUT2D eigenvalue weighted by atomic mass is 10.1. The van der Waals surface area contributed by atoms with E-state index < -0.39 is 40.2 Å². The van der Waals surface area contributed by atoms with Gasteiger partial charge in [0.05, 0.1) is 16.8 Å². The second-order valence-corrected chi connectivity index (χ2v) is 6.30. The summed E-state index contributed by atoms with van der Waals surface area (Å²) < 4.78 is 41.7. The van der Waals surface area contributed by atoms with E-state index in [2.05, 4.69) is 10.3 Å². The Labute approximate surface area is 166 Å². The first-order valence-corrected chi connectivity index (χ1v) is 8.62. The molecule has 0 atom stereocenters. The smallest absolute Gasteiger partial charge is 0.273 e. The number of rotatable bonds is 3. The predicted molar refractivity (Wildman–Crippen MR) is 103 cm³/mol. The Bertz CT molecular complexity index is 1370. The Morgan fingerprint density at radius 3 is 2.50 bits per heavy atom. The lowest BCUT2D eigenvalue weighted by Gasteiger charge is -2.14. The molecule has 150 valence electrons. The minimum absolute atomic E-state index is 0.00453. The van der Waals surface area contributed by atoms with E-state index >= 15 is 0 Å². The van der Waals surface area contributed by atoms with Crippen molar-refractivity contribution in [1.29, 1.82) is 0 Å². The summed E-state index contributed by atoms with van der Waals surface area (Å²) in [6.07, 6.45) is 1.37. The molecule has 0 aliphatic rings. The lowest BCUT2D eigenvalue weighted by molar-refractivity contribution is 0.102. The Kier molecular flexibility index (Phi) is 4.71. The molecule has 0 aliphatic heterocycles. The first-order chi connectivity index (χ1) is 14.4. The van der Waals surface area contributed by atoms with Crippen molar-refractivity contribution in [3.05, 3.63) is 94.2 Å². The third-order valence-corrected chi connectivity index (χ3v) is 4.38. The van der Waals surface area contributed by atoms with Crippen LogP contribution in [0.5, 0.6) is 5.75 Å². The van der Waals surface area contributed by atoms with Crippen molar-refractivity contribution in [1.82, 2.24) is 9.55 Å². The molecule has 2 aromatic heterocycles. The molecule has 0 unspecified atom stereocenters. The standard InChI is InChI=1S/C21H12F3N3O3/c22-11-3-1-4-13(9-11)27-19-14(5-2-8-25-19)18(28)17(21(27)30)20(29)26-16-7-6-12(23)10-15(16)24/h1-10,28H,(H,26,29). The average molecular weight is 411 g/mol. The van der Waals surface area contributed by atoms with Crippen LogP contribution in [0.1, 0.15) is 10.4 Å². The van der Waals surface area contributed by atoms with Crippen LogP contribution >= 0.6 is 0 Å². The molecule has 0 spiro atoms. The highest BCUT2D eigenvalue weighted by molar-refractivity contribution is 6.09. The summed E-state index contributed by atoms with van der Waals surface area (Å²) in [5.74, 6) is -4.33. The zero-order chi connectivity index (χ0) is 21.4. The minimum Gasteiger partial charge on any atom is -0.506 e. The molecule has 2 N–H and O–H groups in total. The van der Waals surface area contributed by atoms with E-state index in [1.807, 2.05) is 0 Å². The number of nitrogens with one attached hydrogen (secondary N) is 1. The zero-order valence-corrected chi connectivity index (χ0v) is 15.1. The van der Waals surface area contributed by atoms with Gasteiger partial charge in [-0.15, -0.1) is 0 Å². The molecule has 0 saturated heterocycles. The van der Waals surface area contributed by atoms with Crippen LogP contribution in [0.3, 0.4) is 0 Å². The maximum absolute atomic E-state index is 13.9. The van der Waals surface area contributed by atoms with Crippen LogP contribution in [0.4, 0.5) is 18.9 Å². The van der Waals surface area contributed by atoms with E-state index in [0.29, 0.717) is 6.07 Å². The summed E-state index contributed by atoms with van der Waals surface area (Å²) in [4.78, 5) is 29.9. The second-order valence-electron chi connectivity index (χ2n) is 6.30. The highest BCUT2D eigenvalue weighted by Crippen LogP contribution is 2.28. The van der Waals surface area contributed by atoms with E-state index in [0.717, 1.165) is 22.8 Å². The quantitative estimate of drug-likeness (QED) is 0.538. The van der Waals surface area contributed by atoms with Crippen LogP contribution in [-0.2, 0) is 0 Å². The topological polar surface area (TPSA) is 84.2 Å². The molecule has 4 rings (SSSR count). The number of carbonyl (C=O) groups is 1. The number of aromatic hydroxyl groups is 1. The van der Waals surface area contributed by atoms with Crippen LogP contribution in [0.2, 0.25) is 0 Å². The van der Waals surface area contributed by atoms with E-state index in [1.165, 1.54) is 36.5 Å².